The number of halogens is 2. The van der Waals surface area contributed by atoms with Gasteiger partial charge in [0, 0.05) is 10.8 Å². The molecule has 4 aliphatic carbocycles. The van der Waals surface area contributed by atoms with Crippen LogP contribution in [-0.2, 0) is 19.6 Å². The highest BCUT2D eigenvalue weighted by atomic mass is 32.2. The van der Waals surface area contributed by atoms with Crippen LogP contribution < -0.4 is 0 Å². The molecule has 4 bridgehead atoms. The topological polar surface area (TPSA) is 124 Å². The third-order valence-electron chi connectivity index (χ3n) is 7.55. The molecule has 5 atom stereocenters. The van der Waals surface area contributed by atoms with E-state index in [1.54, 1.807) is 13.8 Å². The monoisotopic (exact) mass is 425 g/mol. The van der Waals surface area contributed by atoms with Crippen LogP contribution in [0.3, 0.4) is 0 Å². The first-order valence-corrected chi connectivity index (χ1v) is 10.8. The quantitative estimate of drug-likeness (QED) is 0.508. The maximum atomic E-state index is 13.7. The molecule has 10 heteroatoms. The van der Waals surface area contributed by atoms with Crippen molar-refractivity contribution in [2.24, 2.45) is 22.7 Å². The summed E-state index contributed by atoms with van der Waals surface area (Å²) in [4.78, 5) is 12.0. The number of carbonyl (C=O) groups excluding carboxylic acids is 1. The van der Waals surface area contributed by atoms with E-state index in [0.717, 1.165) is 6.42 Å². The van der Waals surface area contributed by atoms with Crippen molar-refractivity contribution in [1.29, 1.82) is 0 Å². The molecule has 2 N–H and O–H groups in total. The summed E-state index contributed by atoms with van der Waals surface area (Å²) >= 11 is 0. The van der Waals surface area contributed by atoms with Gasteiger partial charge in [0.25, 0.3) is 0 Å². The van der Waals surface area contributed by atoms with Gasteiger partial charge in [-0.1, -0.05) is 0 Å². The average molecular weight is 425 g/mol. The molecule has 0 heterocycles. The van der Waals surface area contributed by atoms with Crippen molar-refractivity contribution in [1.82, 2.24) is 0 Å². The SMILES string of the molecule is CC(C)(O)C12CC3CC(C1)C(OC(=O)C(F)(F)S(=O)(=O)[O-])C(C(C)(C)O)(C3)C2. The standard InChI is InChI=1S/C18H28F2O7S/c1-14(2,22)16-6-10-5-11(8-16)12(17(7-10,9-16)15(3,4)23)27-13(21)18(19,20)28(24,25)26/h10-12,22-23H,5-9H2,1-4H3,(H,24,25,26)/p-1. The summed E-state index contributed by atoms with van der Waals surface area (Å²) < 4.78 is 64.9. The van der Waals surface area contributed by atoms with Crippen LogP contribution >= 0.6 is 0 Å². The lowest BCUT2D eigenvalue weighted by atomic mass is 9.37. The Morgan fingerprint density at radius 2 is 1.68 bits per heavy atom. The summed E-state index contributed by atoms with van der Waals surface area (Å²) in [6.07, 6.45) is 1.16. The summed E-state index contributed by atoms with van der Waals surface area (Å²) in [6, 6.07) is 0. The van der Waals surface area contributed by atoms with Gasteiger partial charge < -0.3 is 19.5 Å². The predicted octanol–water partition coefficient (Wildman–Crippen LogP) is 1.77. The number of carbonyl (C=O) groups is 1. The molecule has 0 aromatic heterocycles. The Labute approximate surface area is 163 Å². The number of aliphatic hydroxyl groups is 2. The molecule has 0 amide bonds. The van der Waals surface area contributed by atoms with Gasteiger partial charge in [-0.2, -0.15) is 8.78 Å². The van der Waals surface area contributed by atoms with Crippen molar-refractivity contribution in [3.63, 3.8) is 0 Å². The van der Waals surface area contributed by atoms with Crippen LogP contribution in [0.15, 0.2) is 0 Å². The maximum absolute atomic E-state index is 13.7. The molecule has 28 heavy (non-hydrogen) atoms. The van der Waals surface area contributed by atoms with Gasteiger partial charge in [0.1, 0.15) is 6.10 Å². The zero-order valence-corrected chi connectivity index (χ0v) is 17.2. The molecule has 0 aliphatic heterocycles. The number of alkyl halides is 2. The van der Waals surface area contributed by atoms with E-state index in [1.807, 2.05) is 0 Å². The maximum Gasteiger partial charge on any atom is 0.428 e. The van der Waals surface area contributed by atoms with E-state index >= 15 is 0 Å². The zero-order chi connectivity index (χ0) is 21.6. The Hall–Kier alpha value is -0.840. The minimum Gasteiger partial charge on any atom is -0.743 e. The van der Waals surface area contributed by atoms with Gasteiger partial charge >= 0.3 is 11.2 Å². The Bertz CT molecular complexity index is 783. The molecule has 0 aromatic carbocycles. The first-order valence-electron chi connectivity index (χ1n) is 9.35. The Morgan fingerprint density at radius 3 is 2.14 bits per heavy atom. The third-order valence-corrected chi connectivity index (χ3v) is 8.34. The lowest BCUT2D eigenvalue weighted by Crippen LogP contribution is -2.71. The third kappa shape index (κ3) is 2.90. The van der Waals surface area contributed by atoms with Gasteiger partial charge in [-0.3, -0.25) is 0 Å². The van der Waals surface area contributed by atoms with Crippen molar-refractivity contribution in [2.45, 2.75) is 82.4 Å². The van der Waals surface area contributed by atoms with Gasteiger partial charge in [0.2, 0.25) is 0 Å². The molecule has 0 radical (unpaired) electrons. The lowest BCUT2D eigenvalue weighted by molar-refractivity contribution is -0.288. The highest BCUT2D eigenvalue weighted by Crippen LogP contribution is 2.71. The number of hydrogen-bond acceptors (Lipinski definition) is 7. The molecule has 0 saturated heterocycles. The van der Waals surface area contributed by atoms with Crippen molar-refractivity contribution >= 4 is 16.1 Å². The molecule has 5 unspecified atom stereocenters. The zero-order valence-electron chi connectivity index (χ0n) is 16.4. The Balaban J connectivity index is 2.03. The number of esters is 1. The Morgan fingerprint density at radius 1 is 1.11 bits per heavy atom. The van der Waals surface area contributed by atoms with E-state index in [-0.39, 0.29) is 12.3 Å². The van der Waals surface area contributed by atoms with Gasteiger partial charge in [-0.25, -0.2) is 13.2 Å². The average Bonchev–Trinajstić information content (AvgIpc) is 2.46. The molecule has 0 spiro atoms. The lowest BCUT2D eigenvalue weighted by Gasteiger charge is -2.70. The largest absolute Gasteiger partial charge is 0.743 e. The smallest absolute Gasteiger partial charge is 0.428 e. The molecular formula is C18H27F2O7S-. The number of rotatable bonds is 5. The van der Waals surface area contributed by atoms with Gasteiger partial charge in [-0.05, 0) is 71.6 Å². The van der Waals surface area contributed by atoms with Crippen molar-refractivity contribution in [3.8, 4) is 0 Å². The first-order chi connectivity index (χ1) is 12.4. The summed E-state index contributed by atoms with van der Waals surface area (Å²) in [5.41, 5.74) is -4.25. The van der Waals surface area contributed by atoms with Gasteiger partial charge in [0.05, 0.1) is 11.2 Å². The number of ether oxygens (including phenoxy) is 1. The van der Waals surface area contributed by atoms with Crippen LogP contribution in [0, 0.1) is 22.7 Å². The van der Waals surface area contributed by atoms with E-state index in [9.17, 15) is 36.8 Å². The minimum atomic E-state index is -6.23. The molecule has 4 saturated carbocycles. The van der Waals surface area contributed by atoms with Crippen molar-refractivity contribution in [2.75, 3.05) is 0 Å². The van der Waals surface area contributed by atoms with E-state index in [4.69, 9.17) is 4.74 Å². The predicted molar refractivity (Wildman–Crippen MR) is 92.1 cm³/mol. The van der Waals surface area contributed by atoms with Crippen molar-refractivity contribution < 1.29 is 41.5 Å². The molecule has 4 fully saturated rings. The summed E-state index contributed by atoms with van der Waals surface area (Å²) in [6.45, 7) is 6.36. The van der Waals surface area contributed by atoms with Crippen LogP contribution in [0.1, 0.15) is 59.8 Å². The molecule has 7 nitrogen and oxygen atoms in total. The normalized spacial score (nSPS) is 38.5. The molecule has 162 valence electrons. The molecule has 4 rings (SSSR count). The second kappa shape index (κ2) is 5.86. The van der Waals surface area contributed by atoms with Crippen molar-refractivity contribution in [3.05, 3.63) is 0 Å². The van der Waals surface area contributed by atoms with Gasteiger partial charge in [0.15, 0.2) is 10.1 Å². The summed E-state index contributed by atoms with van der Waals surface area (Å²) in [7, 11) is -6.23. The highest BCUT2D eigenvalue weighted by Gasteiger charge is 2.71. The van der Waals surface area contributed by atoms with E-state index in [0.29, 0.717) is 19.3 Å². The highest BCUT2D eigenvalue weighted by molar-refractivity contribution is 7.87. The Kier molecular flexibility index (Phi) is 4.57. The fourth-order valence-corrected chi connectivity index (χ4v) is 6.40. The first kappa shape index (κ1) is 21.9. The fraction of sp³-hybridized carbons (Fsp3) is 0.944. The minimum absolute atomic E-state index is 0.115. The molecular weight excluding hydrogens is 398 g/mol. The van der Waals surface area contributed by atoms with Crippen LogP contribution in [0.5, 0.6) is 0 Å². The van der Waals surface area contributed by atoms with E-state index in [2.05, 4.69) is 0 Å². The molecule has 4 aliphatic rings. The summed E-state index contributed by atoms with van der Waals surface area (Å²) in [5.74, 6) is -2.71. The van der Waals surface area contributed by atoms with Crippen LogP contribution in [0.4, 0.5) is 8.78 Å². The second-order valence-corrected chi connectivity index (χ2v) is 11.4. The van der Waals surface area contributed by atoms with Crippen LogP contribution in [0.25, 0.3) is 0 Å². The van der Waals surface area contributed by atoms with E-state index < -0.39 is 55.4 Å². The summed E-state index contributed by atoms with van der Waals surface area (Å²) in [5, 5.41) is 16.6. The van der Waals surface area contributed by atoms with Crippen LogP contribution in [-0.4, -0.2) is 51.7 Å². The molecule has 0 aromatic rings. The van der Waals surface area contributed by atoms with Crippen LogP contribution in [0.2, 0.25) is 0 Å². The number of hydrogen-bond donors (Lipinski definition) is 2. The fourth-order valence-electron chi connectivity index (χ4n) is 6.15. The second-order valence-electron chi connectivity index (χ2n) is 10.0. The van der Waals surface area contributed by atoms with E-state index in [1.165, 1.54) is 13.8 Å². The van der Waals surface area contributed by atoms with Gasteiger partial charge in [-0.15, -0.1) is 0 Å².